The third kappa shape index (κ3) is 4.19. The number of rotatable bonds is 7. The fraction of sp³-hybridized carbons (Fsp3) is 0.412. The minimum Gasteiger partial charge on any atom is -0.310 e. The molecule has 0 saturated carbocycles. The highest BCUT2D eigenvalue weighted by atomic mass is 32.1. The smallest absolute Gasteiger partial charge is 0.0323 e. The van der Waals surface area contributed by atoms with Crippen molar-refractivity contribution in [3.8, 4) is 0 Å². The van der Waals surface area contributed by atoms with Crippen LogP contribution in [0.1, 0.15) is 41.6 Å². The van der Waals surface area contributed by atoms with Gasteiger partial charge in [0.2, 0.25) is 0 Å². The van der Waals surface area contributed by atoms with Crippen molar-refractivity contribution >= 4 is 11.3 Å². The van der Waals surface area contributed by atoms with Crippen molar-refractivity contribution in [2.75, 3.05) is 6.54 Å². The average molecular weight is 273 g/mol. The zero-order valence-electron chi connectivity index (χ0n) is 11.9. The Labute approximate surface area is 120 Å². The van der Waals surface area contributed by atoms with Crippen LogP contribution >= 0.6 is 11.3 Å². The fourth-order valence-electron chi connectivity index (χ4n) is 2.35. The van der Waals surface area contributed by atoms with Crippen LogP contribution < -0.4 is 5.32 Å². The molecule has 2 heteroatoms. The molecule has 1 heterocycles. The number of aryl methyl sites for hydroxylation is 2. The summed E-state index contributed by atoms with van der Waals surface area (Å²) in [5.74, 6) is 0. The van der Waals surface area contributed by atoms with Gasteiger partial charge < -0.3 is 5.32 Å². The van der Waals surface area contributed by atoms with E-state index in [4.69, 9.17) is 0 Å². The molecule has 2 aromatic rings. The SMILES string of the molecule is CCNC(CCc1ccc(CC)s1)c1ccccc1. The summed E-state index contributed by atoms with van der Waals surface area (Å²) in [7, 11) is 0. The van der Waals surface area contributed by atoms with Crippen molar-refractivity contribution in [2.24, 2.45) is 0 Å². The van der Waals surface area contributed by atoms with Gasteiger partial charge in [0.05, 0.1) is 0 Å². The second-order valence-electron chi connectivity index (χ2n) is 4.78. The molecule has 1 aromatic carbocycles. The van der Waals surface area contributed by atoms with Gasteiger partial charge in [0.25, 0.3) is 0 Å². The van der Waals surface area contributed by atoms with Crippen LogP contribution in [0.5, 0.6) is 0 Å². The maximum atomic E-state index is 3.59. The molecule has 0 aliphatic rings. The van der Waals surface area contributed by atoms with Crippen LogP contribution in [0.2, 0.25) is 0 Å². The van der Waals surface area contributed by atoms with E-state index < -0.39 is 0 Å². The van der Waals surface area contributed by atoms with E-state index >= 15 is 0 Å². The number of hydrogen-bond acceptors (Lipinski definition) is 2. The molecule has 0 bridgehead atoms. The van der Waals surface area contributed by atoms with Crippen molar-refractivity contribution in [2.45, 2.75) is 39.2 Å². The zero-order chi connectivity index (χ0) is 13.5. The van der Waals surface area contributed by atoms with Crippen LogP contribution in [0.15, 0.2) is 42.5 Å². The van der Waals surface area contributed by atoms with Gasteiger partial charge in [0.15, 0.2) is 0 Å². The van der Waals surface area contributed by atoms with E-state index in [9.17, 15) is 0 Å². The highest BCUT2D eigenvalue weighted by Crippen LogP contribution is 2.23. The molecular weight excluding hydrogens is 250 g/mol. The van der Waals surface area contributed by atoms with E-state index in [0.29, 0.717) is 6.04 Å². The predicted octanol–water partition coefficient (Wildman–Crippen LogP) is 4.59. The van der Waals surface area contributed by atoms with Gasteiger partial charge in [0, 0.05) is 15.8 Å². The molecule has 1 aromatic heterocycles. The molecule has 0 fully saturated rings. The maximum Gasteiger partial charge on any atom is 0.0323 e. The molecule has 0 aliphatic heterocycles. The Kier molecular flexibility index (Phi) is 5.62. The lowest BCUT2D eigenvalue weighted by Crippen LogP contribution is -2.21. The Morgan fingerprint density at radius 2 is 1.74 bits per heavy atom. The van der Waals surface area contributed by atoms with Gasteiger partial charge >= 0.3 is 0 Å². The van der Waals surface area contributed by atoms with Crippen LogP contribution in [-0.2, 0) is 12.8 Å². The molecule has 0 amide bonds. The molecule has 0 aliphatic carbocycles. The standard InChI is InChI=1S/C17H23NS/c1-3-15-10-11-16(19-15)12-13-17(18-4-2)14-8-6-5-7-9-14/h5-11,17-18H,3-4,12-13H2,1-2H3. The van der Waals surface area contributed by atoms with Crippen LogP contribution in [0.4, 0.5) is 0 Å². The number of thiophene rings is 1. The van der Waals surface area contributed by atoms with Crippen molar-refractivity contribution in [1.29, 1.82) is 0 Å². The van der Waals surface area contributed by atoms with Crippen LogP contribution in [0.3, 0.4) is 0 Å². The summed E-state index contributed by atoms with van der Waals surface area (Å²) in [6, 6.07) is 15.8. The Hall–Kier alpha value is -1.12. The Balaban J connectivity index is 1.97. The molecule has 19 heavy (non-hydrogen) atoms. The highest BCUT2D eigenvalue weighted by molar-refractivity contribution is 7.11. The third-order valence-corrected chi connectivity index (χ3v) is 4.69. The summed E-state index contributed by atoms with van der Waals surface area (Å²) in [5.41, 5.74) is 1.40. The van der Waals surface area contributed by atoms with Gasteiger partial charge in [-0.05, 0) is 43.5 Å². The summed E-state index contributed by atoms with van der Waals surface area (Å²) in [5, 5.41) is 3.59. The lowest BCUT2D eigenvalue weighted by atomic mass is 10.0. The summed E-state index contributed by atoms with van der Waals surface area (Å²) in [4.78, 5) is 3.00. The molecule has 1 atom stereocenters. The lowest BCUT2D eigenvalue weighted by molar-refractivity contribution is 0.517. The fourth-order valence-corrected chi connectivity index (χ4v) is 3.32. The minimum absolute atomic E-state index is 0.471. The molecule has 102 valence electrons. The van der Waals surface area contributed by atoms with E-state index in [-0.39, 0.29) is 0 Å². The quantitative estimate of drug-likeness (QED) is 0.777. The van der Waals surface area contributed by atoms with Crippen molar-refractivity contribution < 1.29 is 0 Å². The predicted molar refractivity (Wildman–Crippen MR) is 84.9 cm³/mol. The molecule has 1 N–H and O–H groups in total. The number of benzene rings is 1. The normalized spacial score (nSPS) is 12.5. The molecular formula is C17H23NS. The van der Waals surface area contributed by atoms with Gasteiger partial charge in [-0.1, -0.05) is 44.2 Å². The van der Waals surface area contributed by atoms with Crippen LogP contribution in [-0.4, -0.2) is 6.54 Å². The first kappa shape index (κ1) is 14.3. The highest BCUT2D eigenvalue weighted by Gasteiger charge is 2.10. The zero-order valence-corrected chi connectivity index (χ0v) is 12.7. The second kappa shape index (κ2) is 7.46. The summed E-state index contributed by atoms with van der Waals surface area (Å²) in [6.45, 7) is 5.42. The first-order valence-corrected chi connectivity index (χ1v) is 8.01. The molecule has 0 spiro atoms. The van der Waals surface area contributed by atoms with E-state index in [1.165, 1.54) is 21.7 Å². The number of nitrogens with one attached hydrogen (secondary N) is 1. The second-order valence-corrected chi connectivity index (χ2v) is 6.03. The van der Waals surface area contributed by atoms with Gasteiger partial charge in [-0.25, -0.2) is 0 Å². The van der Waals surface area contributed by atoms with Crippen molar-refractivity contribution in [1.82, 2.24) is 5.32 Å². The largest absolute Gasteiger partial charge is 0.310 e. The van der Waals surface area contributed by atoms with E-state index in [0.717, 1.165) is 19.4 Å². The molecule has 1 unspecified atom stereocenters. The van der Waals surface area contributed by atoms with Crippen LogP contribution in [0, 0.1) is 0 Å². The minimum atomic E-state index is 0.471. The number of hydrogen-bond donors (Lipinski definition) is 1. The van der Waals surface area contributed by atoms with E-state index in [1.807, 2.05) is 11.3 Å². The molecule has 2 rings (SSSR count). The summed E-state index contributed by atoms with van der Waals surface area (Å²) < 4.78 is 0. The lowest BCUT2D eigenvalue weighted by Gasteiger charge is -2.17. The first-order chi connectivity index (χ1) is 9.33. The van der Waals surface area contributed by atoms with Crippen LogP contribution in [0.25, 0.3) is 0 Å². The monoisotopic (exact) mass is 273 g/mol. The van der Waals surface area contributed by atoms with Gasteiger partial charge in [-0.2, -0.15) is 0 Å². The maximum absolute atomic E-state index is 3.59. The average Bonchev–Trinajstić information content (AvgIpc) is 2.92. The van der Waals surface area contributed by atoms with Gasteiger partial charge in [-0.3, -0.25) is 0 Å². The molecule has 0 saturated heterocycles. The van der Waals surface area contributed by atoms with E-state index in [1.54, 1.807) is 0 Å². The van der Waals surface area contributed by atoms with Crippen molar-refractivity contribution in [3.63, 3.8) is 0 Å². The Morgan fingerprint density at radius 3 is 2.37 bits per heavy atom. The first-order valence-electron chi connectivity index (χ1n) is 7.19. The summed E-state index contributed by atoms with van der Waals surface area (Å²) >= 11 is 1.96. The third-order valence-electron chi connectivity index (χ3n) is 3.40. The molecule has 0 radical (unpaired) electrons. The van der Waals surface area contributed by atoms with Crippen molar-refractivity contribution in [3.05, 3.63) is 57.8 Å². The Morgan fingerprint density at radius 1 is 1.00 bits per heavy atom. The van der Waals surface area contributed by atoms with E-state index in [2.05, 4.69) is 61.6 Å². The van der Waals surface area contributed by atoms with Gasteiger partial charge in [-0.15, -0.1) is 11.3 Å². The van der Waals surface area contributed by atoms with Gasteiger partial charge in [0.1, 0.15) is 0 Å². The summed E-state index contributed by atoms with van der Waals surface area (Å²) in [6.07, 6.45) is 3.48. The molecule has 1 nitrogen and oxygen atoms in total. The Bertz CT molecular complexity index is 475. The topological polar surface area (TPSA) is 12.0 Å².